The van der Waals surface area contributed by atoms with Gasteiger partial charge in [0.05, 0.1) is 9.77 Å². The molecular weight excluding hydrogens is 236 g/mol. The predicted octanol–water partition coefficient (Wildman–Crippen LogP) is 2.34. The minimum absolute atomic E-state index is 0.0186. The summed E-state index contributed by atoms with van der Waals surface area (Å²) in [5.74, 6) is -0.0186. The van der Waals surface area contributed by atoms with Gasteiger partial charge in [-0.2, -0.15) is 4.37 Å². The molecule has 1 rings (SSSR count). The van der Waals surface area contributed by atoms with E-state index < -0.39 is 0 Å². The number of rotatable bonds is 4. The lowest BCUT2D eigenvalue weighted by Gasteiger charge is -2.02. The number of amides is 1. The number of thioether (sulfide) groups is 2. The second-order valence-electron chi connectivity index (χ2n) is 2.42. The molecule has 0 aliphatic rings. The van der Waals surface area contributed by atoms with E-state index in [1.54, 1.807) is 11.8 Å². The topological polar surface area (TPSA) is 42.0 Å². The Morgan fingerprint density at radius 2 is 2.21 bits per heavy atom. The van der Waals surface area contributed by atoms with Gasteiger partial charge in [-0.1, -0.05) is 0 Å². The van der Waals surface area contributed by atoms with Crippen LogP contribution < -0.4 is 5.32 Å². The normalized spacial score (nSPS) is 10.2. The summed E-state index contributed by atoms with van der Waals surface area (Å²) in [6.07, 6.45) is 3.89. The molecule has 1 N–H and O–H groups in total. The van der Waals surface area contributed by atoms with Crippen LogP contribution in [0, 0.1) is 0 Å². The van der Waals surface area contributed by atoms with E-state index in [2.05, 4.69) is 9.69 Å². The Kier molecular flexibility index (Phi) is 4.77. The molecule has 0 spiro atoms. The third-order valence-electron chi connectivity index (χ3n) is 1.57. The molecule has 1 aromatic heterocycles. The van der Waals surface area contributed by atoms with Crippen molar-refractivity contribution in [1.82, 2.24) is 9.69 Å². The summed E-state index contributed by atoms with van der Waals surface area (Å²) >= 11 is 4.46. The summed E-state index contributed by atoms with van der Waals surface area (Å²) < 4.78 is 5.22. The molecule has 6 heteroatoms. The van der Waals surface area contributed by atoms with Crippen molar-refractivity contribution in [2.24, 2.45) is 0 Å². The van der Waals surface area contributed by atoms with E-state index in [1.165, 1.54) is 23.3 Å². The summed E-state index contributed by atoms with van der Waals surface area (Å²) in [4.78, 5) is 11.7. The summed E-state index contributed by atoms with van der Waals surface area (Å²) in [5.41, 5.74) is 0.733. The van der Waals surface area contributed by atoms with Crippen molar-refractivity contribution in [2.45, 2.75) is 16.2 Å². The van der Waals surface area contributed by atoms with Crippen molar-refractivity contribution in [1.29, 1.82) is 0 Å². The predicted molar refractivity (Wildman–Crippen MR) is 63.7 cm³/mol. The molecule has 1 aromatic rings. The standard InChI is InChI=1S/C8H12N2OS3/c1-4-9-6(11)5-7(12-2)10-14-8(5)13-3/h4H2,1-3H3,(H,9,11). The number of hydrogen-bond acceptors (Lipinski definition) is 5. The third kappa shape index (κ3) is 2.43. The van der Waals surface area contributed by atoms with E-state index >= 15 is 0 Å². The molecular formula is C8H12N2OS3. The zero-order chi connectivity index (χ0) is 10.6. The molecule has 1 heterocycles. The number of carbonyl (C=O) groups is 1. The molecule has 0 fully saturated rings. The van der Waals surface area contributed by atoms with Gasteiger partial charge >= 0.3 is 0 Å². The summed E-state index contributed by atoms with van der Waals surface area (Å²) in [5, 5.41) is 3.62. The first-order chi connectivity index (χ1) is 6.74. The van der Waals surface area contributed by atoms with Crippen LogP contribution in [-0.2, 0) is 0 Å². The van der Waals surface area contributed by atoms with Gasteiger partial charge in [0, 0.05) is 6.54 Å². The van der Waals surface area contributed by atoms with Crippen LogP contribution in [0.1, 0.15) is 17.3 Å². The second-order valence-corrected chi connectivity index (χ2v) is 5.06. The molecule has 1 amide bonds. The van der Waals surface area contributed by atoms with Gasteiger partial charge in [-0.25, -0.2) is 0 Å². The van der Waals surface area contributed by atoms with Crippen LogP contribution in [0.2, 0.25) is 0 Å². The molecule has 0 unspecified atom stereocenters. The molecule has 14 heavy (non-hydrogen) atoms. The van der Waals surface area contributed by atoms with Crippen molar-refractivity contribution in [3.8, 4) is 0 Å². The Morgan fingerprint density at radius 1 is 1.50 bits per heavy atom. The lowest BCUT2D eigenvalue weighted by atomic mass is 10.3. The maximum Gasteiger partial charge on any atom is 0.256 e. The van der Waals surface area contributed by atoms with Crippen molar-refractivity contribution in [3.63, 3.8) is 0 Å². The van der Waals surface area contributed by atoms with Crippen LogP contribution in [0.25, 0.3) is 0 Å². The lowest BCUT2D eigenvalue weighted by molar-refractivity contribution is 0.0950. The van der Waals surface area contributed by atoms with Crippen LogP contribution in [0.3, 0.4) is 0 Å². The number of aromatic nitrogens is 1. The van der Waals surface area contributed by atoms with Crippen LogP contribution in [0.15, 0.2) is 9.24 Å². The fraction of sp³-hybridized carbons (Fsp3) is 0.500. The molecule has 0 saturated heterocycles. The summed E-state index contributed by atoms with van der Waals surface area (Å²) in [6.45, 7) is 2.56. The first-order valence-corrected chi connectivity index (χ1v) is 7.32. The molecule has 0 saturated carbocycles. The largest absolute Gasteiger partial charge is 0.352 e. The molecule has 0 aromatic carbocycles. The fourth-order valence-electron chi connectivity index (χ4n) is 0.979. The van der Waals surface area contributed by atoms with Crippen molar-refractivity contribution >= 4 is 41.0 Å². The Balaban J connectivity index is 3.01. The fourth-order valence-corrected chi connectivity index (χ4v) is 3.26. The van der Waals surface area contributed by atoms with Gasteiger partial charge in [0.2, 0.25) is 0 Å². The maximum atomic E-state index is 11.7. The number of carbonyl (C=O) groups excluding carboxylic acids is 1. The van der Waals surface area contributed by atoms with Crippen LogP contribution >= 0.6 is 35.1 Å². The Bertz CT molecular complexity index is 303. The highest BCUT2D eigenvalue weighted by Gasteiger charge is 2.18. The van der Waals surface area contributed by atoms with Crippen LogP contribution in [0.5, 0.6) is 0 Å². The molecule has 78 valence electrons. The molecule has 0 aliphatic heterocycles. The SMILES string of the molecule is CCNC(=O)c1c(SC)nsc1SC. The zero-order valence-electron chi connectivity index (χ0n) is 8.29. The van der Waals surface area contributed by atoms with Gasteiger partial charge in [-0.15, -0.1) is 23.5 Å². The van der Waals surface area contributed by atoms with E-state index in [9.17, 15) is 4.79 Å². The highest BCUT2D eigenvalue weighted by Crippen LogP contribution is 2.32. The smallest absolute Gasteiger partial charge is 0.256 e. The average Bonchev–Trinajstić information content (AvgIpc) is 2.60. The number of hydrogen-bond donors (Lipinski definition) is 1. The second kappa shape index (κ2) is 5.63. The van der Waals surface area contributed by atoms with Crippen molar-refractivity contribution in [2.75, 3.05) is 19.1 Å². The van der Waals surface area contributed by atoms with E-state index in [0.717, 1.165) is 14.8 Å². The van der Waals surface area contributed by atoms with E-state index in [-0.39, 0.29) is 5.91 Å². The van der Waals surface area contributed by atoms with Gasteiger partial charge in [0.25, 0.3) is 5.91 Å². The quantitative estimate of drug-likeness (QED) is 0.831. The maximum absolute atomic E-state index is 11.7. The third-order valence-corrected chi connectivity index (χ3v) is 4.31. The van der Waals surface area contributed by atoms with Crippen LogP contribution in [0.4, 0.5) is 0 Å². The van der Waals surface area contributed by atoms with E-state index in [4.69, 9.17) is 0 Å². The molecule has 0 aliphatic carbocycles. The molecule has 0 bridgehead atoms. The van der Waals surface area contributed by atoms with Crippen LogP contribution in [-0.4, -0.2) is 29.3 Å². The first kappa shape index (κ1) is 11.9. The monoisotopic (exact) mass is 248 g/mol. The van der Waals surface area contributed by atoms with Gasteiger partial charge in [-0.05, 0) is 31.0 Å². The molecule has 0 atom stereocenters. The zero-order valence-corrected chi connectivity index (χ0v) is 10.7. The Hall–Kier alpha value is -0.200. The van der Waals surface area contributed by atoms with Gasteiger partial charge in [0.1, 0.15) is 5.03 Å². The minimum atomic E-state index is -0.0186. The van der Waals surface area contributed by atoms with Gasteiger partial charge < -0.3 is 5.32 Å². The number of nitrogens with zero attached hydrogens (tertiary/aromatic N) is 1. The Morgan fingerprint density at radius 3 is 2.71 bits per heavy atom. The van der Waals surface area contributed by atoms with Crippen molar-refractivity contribution < 1.29 is 4.79 Å². The van der Waals surface area contributed by atoms with E-state index in [1.807, 2.05) is 19.4 Å². The highest BCUT2D eigenvalue weighted by atomic mass is 32.2. The highest BCUT2D eigenvalue weighted by molar-refractivity contribution is 8.01. The van der Waals surface area contributed by atoms with Crippen molar-refractivity contribution in [3.05, 3.63) is 5.56 Å². The first-order valence-electron chi connectivity index (χ1n) is 4.10. The molecule has 0 radical (unpaired) electrons. The number of nitrogens with one attached hydrogen (secondary N) is 1. The molecule has 3 nitrogen and oxygen atoms in total. The van der Waals surface area contributed by atoms with E-state index in [0.29, 0.717) is 6.54 Å². The average molecular weight is 248 g/mol. The minimum Gasteiger partial charge on any atom is -0.352 e. The Labute approximate surface area is 96.2 Å². The van der Waals surface area contributed by atoms with Gasteiger partial charge in [0.15, 0.2) is 0 Å². The lowest BCUT2D eigenvalue weighted by Crippen LogP contribution is -2.23. The summed E-state index contributed by atoms with van der Waals surface area (Å²) in [7, 11) is 0. The van der Waals surface area contributed by atoms with Gasteiger partial charge in [-0.3, -0.25) is 4.79 Å². The summed E-state index contributed by atoms with van der Waals surface area (Å²) in [6, 6.07) is 0.